The molecule has 2 atom stereocenters. The molecule has 0 aromatic heterocycles. The van der Waals surface area contributed by atoms with Crippen molar-refractivity contribution < 1.29 is 0 Å². The second kappa shape index (κ2) is 6.08. The van der Waals surface area contributed by atoms with Gasteiger partial charge in [-0.1, -0.05) is 78.3 Å². The third-order valence-electron chi connectivity index (χ3n) is 5.22. The zero-order chi connectivity index (χ0) is 11.3. The third-order valence-corrected chi connectivity index (χ3v) is 12.5. The van der Waals surface area contributed by atoms with Crippen LogP contribution in [0.15, 0.2) is 0 Å². The van der Waals surface area contributed by atoms with Gasteiger partial charge in [0.1, 0.15) is 0 Å². The van der Waals surface area contributed by atoms with Crippen LogP contribution in [0.1, 0.15) is 66.2 Å². The van der Waals surface area contributed by atoms with Crippen LogP contribution in [0, 0.1) is 0 Å². The molecule has 0 radical (unpaired) electrons. The molecular weight excluding hydrogens is 196 g/mol. The Labute approximate surface area is 97.9 Å². The molecule has 2 unspecified atom stereocenters. The van der Waals surface area contributed by atoms with E-state index < -0.39 is 8.07 Å². The van der Waals surface area contributed by atoms with E-state index in [0.29, 0.717) is 0 Å². The SMILES string of the molecule is CCC(C)[Si]1(C(C)CC)CCCCCC1. The van der Waals surface area contributed by atoms with Gasteiger partial charge in [-0.25, -0.2) is 0 Å². The summed E-state index contributed by atoms with van der Waals surface area (Å²) in [5.74, 6) is 0. The second-order valence-corrected chi connectivity index (χ2v) is 11.2. The Morgan fingerprint density at radius 3 is 1.53 bits per heavy atom. The molecule has 1 heterocycles. The van der Waals surface area contributed by atoms with Crippen molar-refractivity contribution in [2.45, 2.75) is 89.4 Å². The first kappa shape index (κ1) is 13.3. The Morgan fingerprint density at radius 2 is 1.20 bits per heavy atom. The molecule has 1 aliphatic heterocycles. The fourth-order valence-electron chi connectivity index (χ4n) is 3.67. The molecular formula is C14H30Si. The van der Waals surface area contributed by atoms with Gasteiger partial charge in [0.05, 0.1) is 8.07 Å². The maximum atomic E-state index is 2.56. The fourth-order valence-corrected chi connectivity index (χ4v) is 10.3. The molecule has 0 bridgehead atoms. The van der Waals surface area contributed by atoms with Crippen LogP contribution in [0.25, 0.3) is 0 Å². The van der Waals surface area contributed by atoms with E-state index in [9.17, 15) is 0 Å². The van der Waals surface area contributed by atoms with Gasteiger partial charge in [-0.2, -0.15) is 0 Å². The van der Waals surface area contributed by atoms with Crippen LogP contribution in [0.5, 0.6) is 0 Å². The van der Waals surface area contributed by atoms with E-state index in [-0.39, 0.29) is 0 Å². The molecule has 0 saturated carbocycles. The third kappa shape index (κ3) is 2.86. The predicted octanol–water partition coefficient (Wildman–Crippen LogP) is 5.61. The molecule has 90 valence electrons. The molecule has 0 N–H and O–H groups in total. The maximum Gasteiger partial charge on any atom is 0.0592 e. The van der Waals surface area contributed by atoms with E-state index in [2.05, 4.69) is 27.7 Å². The Morgan fingerprint density at radius 1 is 0.800 bits per heavy atom. The molecule has 0 nitrogen and oxygen atoms in total. The van der Waals surface area contributed by atoms with Crippen molar-refractivity contribution in [3.05, 3.63) is 0 Å². The first-order valence-corrected chi connectivity index (χ1v) is 9.74. The van der Waals surface area contributed by atoms with Crippen molar-refractivity contribution in [3.63, 3.8) is 0 Å². The number of rotatable bonds is 4. The average Bonchev–Trinajstić information content (AvgIpc) is 2.53. The molecule has 1 saturated heterocycles. The molecule has 0 aromatic rings. The number of hydrogen-bond donors (Lipinski definition) is 0. The summed E-state index contributed by atoms with van der Waals surface area (Å²) in [4.78, 5) is 0. The Kier molecular flexibility index (Phi) is 5.38. The van der Waals surface area contributed by atoms with Crippen LogP contribution >= 0.6 is 0 Å². The standard InChI is InChI=1S/C14H30Si/c1-5-13(3)15(14(4)6-2)11-9-7-8-10-12-15/h13-14H,5-12H2,1-4H3. The largest absolute Gasteiger partial charge is 0.0654 e. The molecule has 15 heavy (non-hydrogen) atoms. The first-order chi connectivity index (χ1) is 7.17. The first-order valence-electron chi connectivity index (χ1n) is 7.17. The van der Waals surface area contributed by atoms with Crippen molar-refractivity contribution in [2.75, 3.05) is 0 Å². The lowest BCUT2D eigenvalue weighted by atomic mass is 10.2. The maximum absolute atomic E-state index is 2.56. The highest BCUT2D eigenvalue weighted by Crippen LogP contribution is 2.46. The highest BCUT2D eigenvalue weighted by atomic mass is 28.3. The zero-order valence-corrected chi connectivity index (χ0v) is 12.3. The van der Waals surface area contributed by atoms with Crippen LogP contribution in [0.4, 0.5) is 0 Å². The smallest absolute Gasteiger partial charge is 0.0592 e. The van der Waals surface area contributed by atoms with Gasteiger partial charge in [-0.3, -0.25) is 0 Å². The highest BCUT2D eigenvalue weighted by molar-refractivity contribution is 6.82. The fraction of sp³-hybridized carbons (Fsp3) is 1.00. The number of hydrogen-bond acceptors (Lipinski definition) is 0. The van der Waals surface area contributed by atoms with Gasteiger partial charge in [0, 0.05) is 0 Å². The van der Waals surface area contributed by atoms with Crippen molar-refractivity contribution >= 4 is 8.07 Å². The van der Waals surface area contributed by atoms with Crippen LogP contribution in [-0.4, -0.2) is 8.07 Å². The van der Waals surface area contributed by atoms with Crippen molar-refractivity contribution in [3.8, 4) is 0 Å². The van der Waals surface area contributed by atoms with Gasteiger partial charge >= 0.3 is 0 Å². The molecule has 0 spiro atoms. The molecule has 1 heteroatoms. The lowest BCUT2D eigenvalue weighted by molar-refractivity contribution is 0.720. The van der Waals surface area contributed by atoms with Gasteiger partial charge in [0.15, 0.2) is 0 Å². The Balaban J connectivity index is 2.81. The van der Waals surface area contributed by atoms with Crippen LogP contribution in [-0.2, 0) is 0 Å². The summed E-state index contributed by atoms with van der Waals surface area (Å²) in [7, 11) is -0.940. The second-order valence-electron chi connectivity index (χ2n) is 5.77. The minimum atomic E-state index is -0.940. The molecule has 1 fully saturated rings. The van der Waals surface area contributed by atoms with Crippen LogP contribution < -0.4 is 0 Å². The van der Waals surface area contributed by atoms with Gasteiger partial charge in [0.2, 0.25) is 0 Å². The summed E-state index contributed by atoms with van der Waals surface area (Å²) in [6.07, 6.45) is 8.97. The predicted molar refractivity (Wildman–Crippen MR) is 73.3 cm³/mol. The van der Waals surface area contributed by atoms with E-state index in [1.807, 2.05) is 0 Å². The average molecular weight is 226 g/mol. The lowest BCUT2D eigenvalue weighted by Gasteiger charge is -2.41. The molecule has 0 aromatic carbocycles. The van der Waals surface area contributed by atoms with E-state index in [4.69, 9.17) is 0 Å². The van der Waals surface area contributed by atoms with E-state index in [1.165, 1.54) is 25.7 Å². The molecule has 0 aliphatic carbocycles. The quantitative estimate of drug-likeness (QED) is 0.547. The van der Waals surface area contributed by atoms with Crippen molar-refractivity contribution in [1.29, 1.82) is 0 Å². The Hall–Kier alpha value is 0.217. The molecule has 0 amide bonds. The monoisotopic (exact) mass is 226 g/mol. The van der Waals surface area contributed by atoms with Gasteiger partial charge in [-0.15, -0.1) is 0 Å². The van der Waals surface area contributed by atoms with E-state index >= 15 is 0 Å². The summed E-state index contributed by atoms with van der Waals surface area (Å²) in [5, 5.41) is 0. The summed E-state index contributed by atoms with van der Waals surface area (Å²) in [5.41, 5.74) is 2.12. The van der Waals surface area contributed by atoms with Gasteiger partial charge < -0.3 is 0 Å². The van der Waals surface area contributed by atoms with Gasteiger partial charge in [0.25, 0.3) is 0 Å². The summed E-state index contributed by atoms with van der Waals surface area (Å²) in [6, 6.07) is 3.27. The molecule has 1 rings (SSSR count). The summed E-state index contributed by atoms with van der Waals surface area (Å²) in [6.45, 7) is 9.94. The molecule has 1 aliphatic rings. The summed E-state index contributed by atoms with van der Waals surface area (Å²) >= 11 is 0. The lowest BCUT2D eigenvalue weighted by Crippen LogP contribution is -2.42. The van der Waals surface area contributed by atoms with Crippen LogP contribution in [0.2, 0.25) is 23.2 Å². The van der Waals surface area contributed by atoms with Crippen LogP contribution in [0.3, 0.4) is 0 Å². The normalized spacial score (nSPS) is 25.6. The minimum Gasteiger partial charge on any atom is -0.0654 e. The van der Waals surface area contributed by atoms with Crippen molar-refractivity contribution in [1.82, 2.24) is 0 Å². The summed E-state index contributed by atoms with van der Waals surface area (Å²) < 4.78 is 0. The topological polar surface area (TPSA) is 0 Å². The van der Waals surface area contributed by atoms with Gasteiger partial charge in [-0.05, 0) is 11.1 Å². The highest BCUT2D eigenvalue weighted by Gasteiger charge is 2.41. The Bertz CT molecular complexity index is 156. The van der Waals surface area contributed by atoms with E-state index in [1.54, 1.807) is 24.9 Å². The minimum absolute atomic E-state index is 0.940. The zero-order valence-electron chi connectivity index (χ0n) is 11.3. The van der Waals surface area contributed by atoms with Crippen molar-refractivity contribution in [2.24, 2.45) is 0 Å². The van der Waals surface area contributed by atoms with E-state index in [0.717, 1.165) is 11.1 Å².